The highest BCUT2D eigenvalue weighted by molar-refractivity contribution is 6.21. The third-order valence-electron chi connectivity index (χ3n) is 5.45. The number of benzene rings is 2. The number of halogens is 1. The highest BCUT2D eigenvalue weighted by atomic mass is 35.5. The summed E-state index contributed by atoms with van der Waals surface area (Å²) in [7, 11) is 0. The lowest BCUT2D eigenvalue weighted by Crippen LogP contribution is -2.17. The maximum Gasteiger partial charge on any atom is 0.130 e. The number of rotatable bonds is 10. The van der Waals surface area contributed by atoms with E-state index in [1.54, 1.807) is 0 Å². The summed E-state index contributed by atoms with van der Waals surface area (Å²) in [6.45, 7) is 6.00. The summed E-state index contributed by atoms with van der Waals surface area (Å²) in [6, 6.07) is 8.54. The van der Waals surface area contributed by atoms with Crippen molar-refractivity contribution in [3.05, 3.63) is 35.4 Å². The van der Waals surface area contributed by atoms with Crippen molar-refractivity contribution >= 4 is 22.4 Å². The van der Waals surface area contributed by atoms with Gasteiger partial charge in [0.2, 0.25) is 0 Å². The quantitative estimate of drug-likeness (QED) is 0.320. The van der Waals surface area contributed by atoms with Gasteiger partial charge in [0, 0.05) is 27.3 Å². The molecular weight excluding hydrogens is 356 g/mol. The monoisotopic (exact) mass is 388 g/mol. The first kappa shape index (κ1) is 20.3. The molecule has 0 N–H and O–H groups in total. The van der Waals surface area contributed by atoms with Crippen LogP contribution in [-0.2, 0) is 12.8 Å². The molecule has 1 atom stereocenters. The van der Waals surface area contributed by atoms with Crippen molar-refractivity contribution in [2.75, 3.05) is 13.2 Å². The van der Waals surface area contributed by atoms with Crippen LogP contribution in [0.4, 0.5) is 0 Å². The summed E-state index contributed by atoms with van der Waals surface area (Å²) in [4.78, 5) is 0. The van der Waals surface area contributed by atoms with Crippen molar-refractivity contribution in [2.24, 2.45) is 0 Å². The van der Waals surface area contributed by atoms with E-state index in [1.165, 1.54) is 47.6 Å². The Morgan fingerprint density at radius 2 is 1.41 bits per heavy atom. The Hall–Kier alpha value is -1.41. The fourth-order valence-corrected chi connectivity index (χ4v) is 4.23. The van der Waals surface area contributed by atoms with Crippen LogP contribution < -0.4 is 9.47 Å². The average molecular weight is 389 g/mol. The number of ether oxygens (including phenoxy) is 2. The van der Waals surface area contributed by atoms with Crippen LogP contribution in [0.5, 0.6) is 11.5 Å². The zero-order chi connectivity index (χ0) is 19.1. The summed E-state index contributed by atoms with van der Waals surface area (Å²) in [5.41, 5.74) is 2.61. The first-order chi connectivity index (χ1) is 13.3. The van der Waals surface area contributed by atoms with Crippen molar-refractivity contribution in [3.8, 4) is 11.5 Å². The van der Waals surface area contributed by atoms with Crippen molar-refractivity contribution in [2.45, 2.75) is 77.0 Å². The van der Waals surface area contributed by atoms with Crippen LogP contribution in [0.2, 0.25) is 0 Å². The molecular formula is C24H33ClO2. The van der Waals surface area contributed by atoms with Crippen LogP contribution in [-0.4, -0.2) is 18.6 Å². The molecule has 0 bridgehead atoms. The Kier molecular flexibility index (Phi) is 7.70. The Labute approximate surface area is 169 Å². The second kappa shape index (κ2) is 10.2. The van der Waals surface area contributed by atoms with Gasteiger partial charge in [-0.05, 0) is 32.1 Å². The third kappa shape index (κ3) is 4.90. The van der Waals surface area contributed by atoms with Gasteiger partial charge in [-0.3, -0.25) is 0 Å². The third-order valence-corrected chi connectivity index (χ3v) is 5.82. The van der Waals surface area contributed by atoms with Crippen LogP contribution in [0.25, 0.3) is 10.8 Å². The molecule has 0 radical (unpaired) electrons. The first-order valence-electron chi connectivity index (χ1n) is 10.7. The molecule has 1 aliphatic rings. The molecule has 2 aromatic carbocycles. The second-order valence-electron chi connectivity index (χ2n) is 7.61. The van der Waals surface area contributed by atoms with Crippen LogP contribution in [0, 0.1) is 0 Å². The minimum atomic E-state index is 0.185. The molecule has 27 heavy (non-hydrogen) atoms. The number of fused-ring (bicyclic) bond motifs is 2. The van der Waals surface area contributed by atoms with Gasteiger partial charge in [-0.25, -0.2) is 0 Å². The molecule has 148 valence electrons. The first-order valence-corrected chi connectivity index (χ1v) is 11.2. The Morgan fingerprint density at radius 3 is 1.96 bits per heavy atom. The van der Waals surface area contributed by atoms with Crippen LogP contribution in [0.1, 0.15) is 69.9 Å². The molecule has 2 aromatic rings. The number of hydrogen-bond acceptors (Lipinski definition) is 2. The molecule has 0 aliphatic heterocycles. The van der Waals surface area contributed by atoms with Gasteiger partial charge in [0.1, 0.15) is 11.5 Å². The van der Waals surface area contributed by atoms with Gasteiger partial charge in [0.15, 0.2) is 0 Å². The van der Waals surface area contributed by atoms with Crippen LogP contribution in [0.3, 0.4) is 0 Å². The largest absolute Gasteiger partial charge is 0.493 e. The summed E-state index contributed by atoms with van der Waals surface area (Å²) < 4.78 is 12.7. The van der Waals surface area contributed by atoms with Gasteiger partial charge in [-0.15, -0.1) is 11.6 Å². The number of alkyl halides is 1. The number of unbranched alkanes of at least 4 members (excludes halogenated alkanes) is 4. The van der Waals surface area contributed by atoms with E-state index in [1.807, 2.05) is 0 Å². The van der Waals surface area contributed by atoms with Crippen molar-refractivity contribution in [1.29, 1.82) is 0 Å². The molecule has 1 aliphatic carbocycles. The zero-order valence-corrected chi connectivity index (χ0v) is 17.6. The van der Waals surface area contributed by atoms with Crippen molar-refractivity contribution in [3.63, 3.8) is 0 Å². The smallest absolute Gasteiger partial charge is 0.130 e. The maximum atomic E-state index is 6.55. The van der Waals surface area contributed by atoms with Gasteiger partial charge in [-0.1, -0.05) is 63.8 Å². The van der Waals surface area contributed by atoms with E-state index in [-0.39, 0.29) is 5.38 Å². The average Bonchev–Trinajstić information content (AvgIpc) is 2.69. The van der Waals surface area contributed by atoms with Crippen molar-refractivity contribution in [1.82, 2.24) is 0 Å². The number of hydrogen-bond donors (Lipinski definition) is 0. The van der Waals surface area contributed by atoms with E-state index in [0.717, 1.165) is 56.8 Å². The van der Waals surface area contributed by atoms with Gasteiger partial charge in [0.25, 0.3) is 0 Å². The van der Waals surface area contributed by atoms with Crippen LogP contribution in [0.15, 0.2) is 24.3 Å². The van der Waals surface area contributed by atoms with Gasteiger partial charge in [-0.2, -0.15) is 0 Å². The minimum absolute atomic E-state index is 0.185. The van der Waals surface area contributed by atoms with E-state index < -0.39 is 0 Å². The SMILES string of the molecule is CCCCCOc1c2c(c(OCCCCC)c3ccccc13)CC(Cl)CC2. The predicted octanol–water partition coefficient (Wildman–Crippen LogP) is 7.07. The lowest BCUT2D eigenvalue weighted by molar-refractivity contribution is 0.296. The Balaban J connectivity index is 1.99. The lowest BCUT2D eigenvalue weighted by Gasteiger charge is -2.27. The van der Waals surface area contributed by atoms with Gasteiger partial charge >= 0.3 is 0 Å². The normalized spacial score (nSPS) is 16.3. The summed E-state index contributed by atoms with van der Waals surface area (Å²) >= 11 is 6.55. The highest BCUT2D eigenvalue weighted by Gasteiger charge is 2.27. The minimum Gasteiger partial charge on any atom is -0.493 e. The molecule has 0 saturated heterocycles. The summed E-state index contributed by atoms with van der Waals surface area (Å²) in [5, 5.41) is 2.54. The molecule has 2 nitrogen and oxygen atoms in total. The molecule has 0 aromatic heterocycles. The van der Waals surface area contributed by atoms with E-state index >= 15 is 0 Å². The molecule has 3 rings (SSSR count). The van der Waals surface area contributed by atoms with E-state index in [0.29, 0.717) is 0 Å². The lowest BCUT2D eigenvalue weighted by atomic mass is 9.87. The van der Waals surface area contributed by atoms with E-state index in [2.05, 4.69) is 38.1 Å². The fraction of sp³-hybridized carbons (Fsp3) is 0.583. The topological polar surface area (TPSA) is 18.5 Å². The standard InChI is InChI=1S/C24H33ClO2/c1-3-5-9-15-26-23-19-11-7-8-12-20(19)24(27-16-10-6-4-2)22-17-18(25)13-14-21(22)23/h7-8,11-12,18H,3-6,9-10,13-17H2,1-2H3. The highest BCUT2D eigenvalue weighted by Crippen LogP contribution is 2.45. The zero-order valence-electron chi connectivity index (χ0n) is 16.9. The second-order valence-corrected chi connectivity index (χ2v) is 8.23. The Bertz CT molecular complexity index is 741. The van der Waals surface area contributed by atoms with Crippen molar-refractivity contribution < 1.29 is 9.47 Å². The fourth-order valence-electron chi connectivity index (χ4n) is 3.97. The molecule has 0 amide bonds. The van der Waals surface area contributed by atoms with Crippen LogP contribution >= 0.6 is 11.6 Å². The molecule has 3 heteroatoms. The maximum absolute atomic E-state index is 6.55. The molecule has 0 heterocycles. The van der Waals surface area contributed by atoms with E-state index in [9.17, 15) is 0 Å². The summed E-state index contributed by atoms with van der Waals surface area (Å²) in [6.07, 6.45) is 9.88. The predicted molar refractivity (Wildman–Crippen MR) is 116 cm³/mol. The summed E-state index contributed by atoms with van der Waals surface area (Å²) in [5.74, 6) is 2.11. The molecule has 1 unspecified atom stereocenters. The van der Waals surface area contributed by atoms with Gasteiger partial charge < -0.3 is 9.47 Å². The van der Waals surface area contributed by atoms with E-state index in [4.69, 9.17) is 21.1 Å². The Morgan fingerprint density at radius 1 is 0.852 bits per heavy atom. The van der Waals surface area contributed by atoms with Gasteiger partial charge in [0.05, 0.1) is 13.2 Å². The molecule has 0 saturated carbocycles. The molecule has 0 spiro atoms. The molecule has 0 fully saturated rings.